The molecule has 3 rings (SSSR count). The van der Waals surface area contributed by atoms with Gasteiger partial charge in [0.15, 0.2) is 5.82 Å². The Bertz CT molecular complexity index is 848. The summed E-state index contributed by atoms with van der Waals surface area (Å²) in [5.74, 6) is 0.749. The van der Waals surface area contributed by atoms with Crippen LogP contribution in [0.5, 0.6) is 0 Å². The van der Waals surface area contributed by atoms with Crippen molar-refractivity contribution in [1.29, 1.82) is 0 Å². The quantitative estimate of drug-likeness (QED) is 0.649. The van der Waals surface area contributed by atoms with Gasteiger partial charge >= 0.3 is 0 Å². The summed E-state index contributed by atoms with van der Waals surface area (Å²) in [5, 5.41) is 0. The fourth-order valence-electron chi connectivity index (χ4n) is 1.91. The van der Waals surface area contributed by atoms with Crippen LogP contribution in [0.25, 0.3) is 17.6 Å². The lowest BCUT2D eigenvalue weighted by atomic mass is 10.2. The Morgan fingerprint density at radius 1 is 1.00 bits per heavy atom. The minimum atomic E-state index is 0.164. The standard InChI is InChI=1S/C16H11Cl2N3S/c17-14(18)11-21-15(12-7-3-1-4-8-12)20-16(22-21)19-13-9-5-2-6-10-13/h1-11H. The van der Waals surface area contributed by atoms with Gasteiger partial charge in [-0.25, -0.2) is 4.99 Å². The normalized spacial score (nSPS) is 11.5. The van der Waals surface area contributed by atoms with E-state index in [1.165, 1.54) is 11.5 Å². The van der Waals surface area contributed by atoms with Gasteiger partial charge in [-0.2, -0.15) is 4.98 Å². The number of aromatic nitrogens is 2. The molecule has 0 radical (unpaired) electrons. The lowest BCUT2D eigenvalue weighted by molar-refractivity contribution is 1.17. The van der Waals surface area contributed by atoms with Crippen LogP contribution in [0, 0.1) is 0 Å². The van der Waals surface area contributed by atoms with E-state index in [-0.39, 0.29) is 4.49 Å². The number of hydrogen-bond acceptors (Lipinski definition) is 3. The maximum Gasteiger partial charge on any atom is 0.228 e. The molecule has 0 atom stereocenters. The van der Waals surface area contributed by atoms with Gasteiger partial charge in [0.05, 0.1) is 11.9 Å². The van der Waals surface area contributed by atoms with Crippen LogP contribution in [0.15, 0.2) is 70.1 Å². The number of nitrogens with zero attached hydrogens (tertiary/aromatic N) is 3. The van der Waals surface area contributed by atoms with E-state index in [4.69, 9.17) is 23.2 Å². The third kappa shape index (κ3) is 3.65. The van der Waals surface area contributed by atoms with E-state index >= 15 is 0 Å². The van der Waals surface area contributed by atoms with Gasteiger partial charge in [0, 0.05) is 5.56 Å². The highest BCUT2D eigenvalue weighted by atomic mass is 35.5. The fraction of sp³-hybridized carbons (Fsp3) is 0. The van der Waals surface area contributed by atoms with Crippen LogP contribution in [-0.2, 0) is 0 Å². The number of rotatable bonds is 3. The molecule has 0 bridgehead atoms. The molecule has 0 fully saturated rings. The lowest BCUT2D eigenvalue weighted by Gasteiger charge is -2.00. The summed E-state index contributed by atoms with van der Waals surface area (Å²) in [6, 6.07) is 19.5. The lowest BCUT2D eigenvalue weighted by Crippen LogP contribution is -1.96. The van der Waals surface area contributed by atoms with Crippen LogP contribution >= 0.6 is 34.7 Å². The predicted octanol–water partition coefficient (Wildman–Crippen LogP) is 5.08. The second kappa shape index (κ2) is 6.92. The largest absolute Gasteiger partial charge is 0.251 e. The Morgan fingerprint density at radius 3 is 2.27 bits per heavy atom. The molecule has 0 aliphatic carbocycles. The molecule has 6 heteroatoms. The molecule has 110 valence electrons. The first-order valence-corrected chi connectivity index (χ1v) is 8.03. The molecule has 22 heavy (non-hydrogen) atoms. The number of hydrogen-bond donors (Lipinski definition) is 0. The van der Waals surface area contributed by atoms with E-state index in [0.717, 1.165) is 17.1 Å². The minimum Gasteiger partial charge on any atom is -0.251 e. The van der Waals surface area contributed by atoms with Gasteiger partial charge in [0.2, 0.25) is 4.80 Å². The molecule has 0 amide bonds. The minimum absolute atomic E-state index is 0.164. The van der Waals surface area contributed by atoms with Crippen LogP contribution in [0.3, 0.4) is 0 Å². The summed E-state index contributed by atoms with van der Waals surface area (Å²) in [7, 11) is 0. The van der Waals surface area contributed by atoms with Crippen LogP contribution < -0.4 is 4.80 Å². The summed E-state index contributed by atoms with van der Waals surface area (Å²) in [6.45, 7) is 0. The monoisotopic (exact) mass is 347 g/mol. The number of para-hydroxylation sites is 1. The Labute approximate surface area is 142 Å². The van der Waals surface area contributed by atoms with E-state index in [1.807, 2.05) is 64.6 Å². The topological polar surface area (TPSA) is 30.2 Å². The van der Waals surface area contributed by atoms with E-state index in [1.54, 1.807) is 6.20 Å². The van der Waals surface area contributed by atoms with Crippen molar-refractivity contribution >= 4 is 46.6 Å². The molecule has 0 N–H and O–H groups in total. The van der Waals surface area contributed by atoms with Gasteiger partial charge in [0.25, 0.3) is 0 Å². The average Bonchev–Trinajstić information content (AvgIpc) is 2.91. The molecule has 0 spiro atoms. The molecule has 2 aromatic carbocycles. The summed E-state index contributed by atoms with van der Waals surface area (Å²) in [4.78, 5) is 9.74. The van der Waals surface area contributed by atoms with Crippen molar-refractivity contribution in [2.75, 3.05) is 0 Å². The fourth-order valence-corrected chi connectivity index (χ4v) is 3.06. The van der Waals surface area contributed by atoms with Crippen LogP contribution in [0.4, 0.5) is 5.69 Å². The average molecular weight is 348 g/mol. The van der Waals surface area contributed by atoms with E-state index in [2.05, 4.69) is 9.98 Å². The SMILES string of the molecule is ClC(Cl)=Cn1sc(=Nc2ccccc2)nc1-c1ccccc1. The van der Waals surface area contributed by atoms with Gasteiger partial charge < -0.3 is 0 Å². The van der Waals surface area contributed by atoms with E-state index < -0.39 is 0 Å². The summed E-state index contributed by atoms with van der Waals surface area (Å²) < 4.78 is 1.98. The Morgan fingerprint density at radius 2 is 1.64 bits per heavy atom. The second-order valence-corrected chi connectivity index (χ2v) is 6.32. The highest BCUT2D eigenvalue weighted by Crippen LogP contribution is 2.20. The zero-order valence-corrected chi connectivity index (χ0v) is 13.7. The van der Waals surface area contributed by atoms with Gasteiger partial charge in [0.1, 0.15) is 4.49 Å². The zero-order valence-electron chi connectivity index (χ0n) is 11.4. The first-order valence-electron chi connectivity index (χ1n) is 6.50. The number of halogens is 2. The molecule has 0 aliphatic heterocycles. The van der Waals surface area contributed by atoms with Crippen molar-refractivity contribution in [1.82, 2.24) is 8.94 Å². The van der Waals surface area contributed by atoms with Crippen molar-refractivity contribution < 1.29 is 0 Å². The smallest absolute Gasteiger partial charge is 0.228 e. The molecular weight excluding hydrogens is 337 g/mol. The van der Waals surface area contributed by atoms with Crippen LogP contribution in [0.1, 0.15) is 0 Å². The van der Waals surface area contributed by atoms with E-state index in [9.17, 15) is 0 Å². The number of benzene rings is 2. The maximum atomic E-state index is 5.80. The van der Waals surface area contributed by atoms with Gasteiger partial charge in [-0.1, -0.05) is 71.7 Å². The van der Waals surface area contributed by atoms with Crippen molar-refractivity contribution in [2.45, 2.75) is 0 Å². The molecule has 0 saturated heterocycles. The third-order valence-electron chi connectivity index (χ3n) is 2.82. The molecule has 0 saturated carbocycles. The summed E-state index contributed by atoms with van der Waals surface area (Å²) >= 11 is 13.0. The van der Waals surface area contributed by atoms with Gasteiger partial charge in [-0.05, 0) is 23.7 Å². The van der Waals surface area contributed by atoms with E-state index in [0.29, 0.717) is 4.80 Å². The molecule has 1 heterocycles. The molecular formula is C16H11Cl2N3S. The molecule has 0 unspecified atom stereocenters. The molecule has 3 nitrogen and oxygen atoms in total. The third-order valence-corrected chi connectivity index (χ3v) is 3.83. The Balaban J connectivity index is 2.14. The van der Waals surface area contributed by atoms with Gasteiger partial charge in [-0.3, -0.25) is 3.96 Å². The Hall–Kier alpha value is -1.88. The predicted molar refractivity (Wildman–Crippen MR) is 93.2 cm³/mol. The Kier molecular flexibility index (Phi) is 4.73. The summed E-state index contributed by atoms with van der Waals surface area (Å²) in [5.41, 5.74) is 1.82. The second-order valence-electron chi connectivity index (χ2n) is 4.37. The highest BCUT2D eigenvalue weighted by Gasteiger charge is 2.07. The maximum absolute atomic E-state index is 5.80. The summed E-state index contributed by atoms with van der Waals surface area (Å²) in [6.07, 6.45) is 1.62. The van der Waals surface area contributed by atoms with Crippen LogP contribution in [0.2, 0.25) is 0 Å². The first-order chi connectivity index (χ1) is 10.7. The highest BCUT2D eigenvalue weighted by molar-refractivity contribution is 7.04. The van der Waals surface area contributed by atoms with Gasteiger partial charge in [-0.15, -0.1) is 0 Å². The van der Waals surface area contributed by atoms with Crippen molar-refractivity contribution in [3.8, 4) is 11.4 Å². The van der Waals surface area contributed by atoms with Crippen molar-refractivity contribution in [3.05, 3.63) is 70.0 Å². The van der Waals surface area contributed by atoms with Crippen LogP contribution in [-0.4, -0.2) is 8.94 Å². The molecule has 1 aromatic heterocycles. The van der Waals surface area contributed by atoms with Crippen molar-refractivity contribution in [2.24, 2.45) is 4.99 Å². The molecule has 0 aliphatic rings. The zero-order chi connectivity index (χ0) is 15.4. The van der Waals surface area contributed by atoms with Crippen molar-refractivity contribution in [3.63, 3.8) is 0 Å². The first kappa shape index (κ1) is 15.0. The molecule has 3 aromatic rings.